The summed E-state index contributed by atoms with van der Waals surface area (Å²) in [4.78, 5) is 23.8. The van der Waals surface area contributed by atoms with E-state index in [9.17, 15) is 4.21 Å². The van der Waals surface area contributed by atoms with E-state index in [1.165, 1.54) is 0 Å². The zero-order valence-corrected chi connectivity index (χ0v) is 5.34. The first-order valence-electron chi connectivity index (χ1n) is 1.37. The summed E-state index contributed by atoms with van der Waals surface area (Å²) in [6, 6.07) is 0. The van der Waals surface area contributed by atoms with Crippen LogP contribution >= 0.6 is 6.72 Å². The molecule has 6 N–H and O–H groups in total. The second-order valence-electron chi connectivity index (χ2n) is 1.05. The molecule has 0 aromatic rings. The maximum atomic E-state index is 9.84. The maximum absolute atomic E-state index is 9.84. The topological polar surface area (TPSA) is 124 Å². The lowest BCUT2D eigenvalue weighted by molar-refractivity contribution is 0.357. The summed E-state index contributed by atoms with van der Waals surface area (Å²) in [7, 11) is -4.31. The molecule has 1 unspecified atom stereocenters. The van der Waals surface area contributed by atoms with Crippen LogP contribution in [0, 0.1) is 0 Å². The molecule has 0 aliphatic rings. The monoisotopic (exact) mass is 163 g/mol. The fourth-order valence-corrected chi connectivity index (χ4v) is 0. The van der Waals surface area contributed by atoms with Crippen LogP contribution in [-0.2, 0) is 9.58 Å². The Balaban J connectivity index is 5.20. The number of rotatable bonds is 0. The Kier molecular flexibility index (Phi) is 2.05. The van der Waals surface area contributed by atoms with Crippen molar-refractivity contribution < 1.29 is 23.4 Å². The number of hydrogen-bond donors (Lipinski definition) is 5. The van der Waals surface area contributed by atoms with Crippen LogP contribution in [0.5, 0.6) is 0 Å². The van der Waals surface area contributed by atoms with Gasteiger partial charge >= 0.3 is 6.72 Å². The Morgan fingerprint density at radius 2 is 1.50 bits per heavy atom. The van der Waals surface area contributed by atoms with Gasteiger partial charge in [0.15, 0.2) is 0 Å². The molecule has 0 aliphatic heterocycles. The van der Waals surface area contributed by atoms with Crippen LogP contribution in [0.25, 0.3) is 0 Å². The van der Waals surface area contributed by atoms with E-state index < -0.39 is 16.3 Å². The Morgan fingerprint density at radius 1 is 1.38 bits per heavy atom. The smallest absolute Gasteiger partial charge is 0.325 e. The highest BCUT2D eigenvalue weighted by Gasteiger charge is 2.14. The molecule has 0 saturated carbocycles. The van der Waals surface area contributed by atoms with E-state index >= 15 is 0 Å². The van der Waals surface area contributed by atoms with Crippen molar-refractivity contribution in [2.75, 3.05) is 0 Å². The molecule has 0 aromatic carbocycles. The highest BCUT2D eigenvalue weighted by Crippen LogP contribution is 2.34. The van der Waals surface area contributed by atoms with Gasteiger partial charge in [-0.15, -0.1) is 0 Å². The molecule has 0 fully saturated rings. The minimum Gasteiger partial charge on any atom is -0.325 e. The van der Waals surface area contributed by atoms with Crippen LogP contribution in [-0.4, -0.2) is 23.4 Å². The van der Waals surface area contributed by atoms with E-state index in [2.05, 4.69) is 5.14 Å². The average Bonchev–Trinajstić information content (AvgIpc) is 1.25. The summed E-state index contributed by atoms with van der Waals surface area (Å²) < 4.78 is 17.8. The fraction of sp³-hybridized carbons (Fsp3) is 0. The summed E-state index contributed by atoms with van der Waals surface area (Å²) in [6.07, 6.45) is 0. The van der Waals surface area contributed by atoms with Gasteiger partial charge in [0.25, 0.3) is 0 Å². The molecule has 0 amide bonds. The third kappa shape index (κ3) is 2.10. The quantitative estimate of drug-likeness (QED) is 0.271. The normalized spacial score (nSPS) is 20.1. The lowest BCUT2D eigenvalue weighted by atomic mass is 13.9. The van der Waals surface area contributed by atoms with Crippen molar-refractivity contribution in [1.29, 1.82) is 0 Å². The van der Waals surface area contributed by atoms with Crippen molar-refractivity contribution >= 4 is 16.3 Å². The van der Waals surface area contributed by atoms with Crippen LogP contribution in [0.2, 0.25) is 0 Å². The van der Waals surface area contributed by atoms with Crippen molar-refractivity contribution in [3.05, 3.63) is 0 Å². The number of hydrogen-bond acceptors (Lipinski definition) is 1. The summed E-state index contributed by atoms with van der Waals surface area (Å²) in [5.41, 5.74) is 0. The van der Waals surface area contributed by atoms with E-state index in [-0.39, 0.29) is 0 Å². The van der Waals surface area contributed by atoms with Gasteiger partial charge in [-0.05, 0) is 0 Å². The molecule has 0 bridgehead atoms. The van der Waals surface area contributed by atoms with Gasteiger partial charge in [0.05, 0.1) is 0 Å². The standard InChI is InChI=1S/H6NO5PS/c1-8(5,6)7(2,3)4/h2-4H,(H3,1,5,6). The van der Waals surface area contributed by atoms with E-state index in [4.69, 9.17) is 19.2 Å². The fourth-order valence-electron chi connectivity index (χ4n) is 0. The van der Waals surface area contributed by atoms with Crippen LogP contribution in [0.15, 0.2) is 0 Å². The second kappa shape index (κ2) is 1.96. The van der Waals surface area contributed by atoms with E-state index in [0.717, 1.165) is 0 Å². The molecule has 8 heteroatoms. The molecule has 0 aliphatic carbocycles. The van der Waals surface area contributed by atoms with E-state index in [1.807, 2.05) is 0 Å². The van der Waals surface area contributed by atoms with E-state index in [0.29, 0.717) is 0 Å². The summed E-state index contributed by atoms with van der Waals surface area (Å²) in [5.74, 6) is 0. The molecule has 0 aromatic heterocycles. The van der Waals surface area contributed by atoms with Gasteiger partial charge in [0.1, 0.15) is 0 Å². The van der Waals surface area contributed by atoms with Crippen LogP contribution in [0.1, 0.15) is 0 Å². The molecule has 0 radical (unpaired) electrons. The summed E-state index contributed by atoms with van der Waals surface area (Å²) in [6.45, 7) is -4.74. The van der Waals surface area contributed by atoms with Gasteiger partial charge in [-0.1, -0.05) is 0 Å². The van der Waals surface area contributed by atoms with Crippen LogP contribution in [0.4, 0.5) is 0 Å². The Hall–Kier alpha value is 0.380. The summed E-state index contributed by atoms with van der Waals surface area (Å²) >= 11 is 0. The Morgan fingerprint density at radius 3 is 1.50 bits per heavy atom. The lowest BCUT2D eigenvalue weighted by Gasteiger charge is -2.02. The Labute approximate surface area is 45.8 Å². The predicted octanol–water partition coefficient (Wildman–Crippen LogP) is -1.73. The van der Waals surface area contributed by atoms with Crippen LogP contribution < -0.4 is 5.14 Å². The highest BCUT2D eigenvalue weighted by atomic mass is 32.6. The van der Waals surface area contributed by atoms with Crippen molar-refractivity contribution in [3.63, 3.8) is 0 Å². The molecule has 6 nitrogen and oxygen atoms in total. The minimum absolute atomic E-state index is 4.20. The maximum Gasteiger partial charge on any atom is 0.344 e. The SMILES string of the molecule is NS(=O)(O)=P(O)(O)O. The average molecular weight is 163 g/mol. The third-order valence-electron chi connectivity index (χ3n) is 0.351. The van der Waals surface area contributed by atoms with Gasteiger partial charge in [-0.25, -0.2) is 9.35 Å². The molecule has 8 heavy (non-hydrogen) atoms. The van der Waals surface area contributed by atoms with Crippen molar-refractivity contribution in [1.82, 2.24) is 0 Å². The van der Waals surface area contributed by atoms with Crippen molar-refractivity contribution in [2.45, 2.75) is 0 Å². The minimum atomic E-state index is -4.74. The molecule has 0 heterocycles. The first-order valence-corrected chi connectivity index (χ1v) is 5.20. The molecule has 1 atom stereocenters. The largest absolute Gasteiger partial charge is 0.344 e. The molecule has 52 valence electrons. The van der Waals surface area contributed by atoms with Gasteiger partial charge in [-0.3, -0.25) is 4.55 Å². The molecular formula is H6NO5PS. The lowest BCUT2D eigenvalue weighted by Crippen LogP contribution is -2.12. The van der Waals surface area contributed by atoms with Gasteiger partial charge in [-0.2, -0.15) is 0 Å². The second-order valence-corrected chi connectivity index (χ2v) is 6.19. The number of nitrogens with two attached hydrogens (primary N) is 1. The van der Waals surface area contributed by atoms with E-state index in [1.54, 1.807) is 0 Å². The van der Waals surface area contributed by atoms with Crippen molar-refractivity contribution in [3.8, 4) is 0 Å². The zero-order valence-electron chi connectivity index (χ0n) is 3.63. The third-order valence-corrected chi connectivity index (χ3v) is 3.16. The first kappa shape index (κ1) is 8.38. The van der Waals surface area contributed by atoms with Gasteiger partial charge in [0, 0.05) is 0 Å². The summed E-state index contributed by atoms with van der Waals surface area (Å²) in [5, 5.41) is 4.20. The van der Waals surface area contributed by atoms with Crippen molar-refractivity contribution in [2.24, 2.45) is 5.14 Å². The molecular weight excluding hydrogens is 157 g/mol. The highest BCUT2D eigenvalue weighted by molar-refractivity contribution is 8.27. The molecule has 0 spiro atoms. The van der Waals surface area contributed by atoms with Crippen LogP contribution in [0.3, 0.4) is 0 Å². The van der Waals surface area contributed by atoms with Gasteiger partial charge in [0.2, 0.25) is 9.58 Å². The molecule has 0 rings (SSSR count). The zero-order chi connectivity index (χ0) is 7.00. The van der Waals surface area contributed by atoms with Gasteiger partial charge < -0.3 is 14.7 Å². The first-order chi connectivity index (χ1) is 3.25. The predicted molar refractivity (Wildman–Crippen MR) is 28.5 cm³/mol. The Bertz CT molecular complexity index is 188. The molecule has 0 saturated heterocycles.